The number of hydrogen-bond donors (Lipinski definition) is 0. The van der Waals surface area contributed by atoms with Crippen LogP contribution in [-0.2, 0) is 13.2 Å². The molecule has 0 saturated heterocycles. The van der Waals surface area contributed by atoms with Crippen molar-refractivity contribution < 1.29 is 13.7 Å². The fraction of sp³-hybridized carbons (Fsp3) is 0.250. The maximum absolute atomic E-state index is 5.50. The molecule has 7 nitrogen and oxygen atoms in total. The molecule has 3 aromatic heterocycles. The Bertz CT molecular complexity index is 642. The molecule has 3 rings (SSSR count). The second-order valence-electron chi connectivity index (χ2n) is 3.84. The van der Waals surface area contributed by atoms with Gasteiger partial charge in [-0.25, -0.2) is 0 Å². The molecule has 0 unspecified atom stereocenters. The van der Waals surface area contributed by atoms with E-state index in [4.69, 9.17) is 13.7 Å². The third-order valence-corrected chi connectivity index (χ3v) is 2.54. The number of ether oxygens (including phenoxy) is 1. The minimum absolute atomic E-state index is 0.209. The Morgan fingerprint density at radius 1 is 1.42 bits per heavy atom. The van der Waals surface area contributed by atoms with Gasteiger partial charge in [-0.3, -0.25) is 4.68 Å². The minimum Gasteiger partial charge on any atom is -0.480 e. The van der Waals surface area contributed by atoms with Gasteiger partial charge in [0.05, 0.1) is 24.2 Å². The third kappa shape index (κ3) is 2.49. The normalized spacial score (nSPS) is 10.8. The van der Waals surface area contributed by atoms with E-state index in [1.165, 1.54) is 0 Å². The van der Waals surface area contributed by atoms with Gasteiger partial charge in [-0.1, -0.05) is 5.16 Å². The van der Waals surface area contributed by atoms with Crippen molar-refractivity contribution in [1.82, 2.24) is 19.9 Å². The molecule has 0 saturated carbocycles. The van der Waals surface area contributed by atoms with Crippen LogP contribution >= 0.6 is 0 Å². The summed E-state index contributed by atoms with van der Waals surface area (Å²) in [5.41, 5.74) is 0.772. The SMILES string of the molecule is CCn1cc(OCc2nc(-c3ccoc3)no2)cn1. The summed E-state index contributed by atoms with van der Waals surface area (Å²) in [5, 5.41) is 7.95. The van der Waals surface area contributed by atoms with Crippen molar-refractivity contribution in [2.24, 2.45) is 0 Å². The molecule has 0 N–H and O–H groups in total. The van der Waals surface area contributed by atoms with Crippen LogP contribution in [0.4, 0.5) is 0 Å². The molecule has 0 aliphatic carbocycles. The number of aryl methyl sites for hydroxylation is 1. The molecule has 0 bridgehead atoms. The smallest absolute Gasteiger partial charge is 0.264 e. The summed E-state index contributed by atoms with van der Waals surface area (Å²) in [5.74, 6) is 1.56. The quantitative estimate of drug-likeness (QED) is 0.699. The number of furan rings is 1. The summed E-state index contributed by atoms with van der Waals surface area (Å²) in [6.07, 6.45) is 6.58. The molecule has 0 radical (unpaired) electrons. The summed E-state index contributed by atoms with van der Waals surface area (Å²) in [7, 11) is 0. The van der Waals surface area contributed by atoms with Gasteiger partial charge in [0.15, 0.2) is 12.4 Å². The predicted molar refractivity (Wildman–Crippen MR) is 64.2 cm³/mol. The summed E-state index contributed by atoms with van der Waals surface area (Å²) < 4.78 is 17.3. The largest absolute Gasteiger partial charge is 0.480 e. The van der Waals surface area contributed by atoms with E-state index in [0.29, 0.717) is 17.5 Å². The first-order chi connectivity index (χ1) is 9.35. The Balaban J connectivity index is 1.64. The van der Waals surface area contributed by atoms with Gasteiger partial charge in [-0.15, -0.1) is 0 Å². The zero-order valence-corrected chi connectivity index (χ0v) is 10.3. The molecule has 0 aliphatic rings. The van der Waals surface area contributed by atoms with Crippen LogP contribution in [0.2, 0.25) is 0 Å². The summed E-state index contributed by atoms with van der Waals surface area (Å²) in [4.78, 5) is 4.20. The van der Waals surface area contributed by atoms with Crippen LogP contribution in [0.1, 0.15) is 12.8 Å². The molecule has 0 aromatic carbocycles. The molecule has 0 atom stereocenters. The van der Waals surface area contributed by atoms with Crippen molar-refractivity contribution in [3.8, 4) is 17.1 Å². The van der Waals surface area contributed by atoms with Crippen molar-refractivity contribution in [2.45, 2.75) is 20.1 Å². The second kappa shape index (κ2) is 4.97. The van der Waals surface area contributed by atoms with Gasteiger partial charge in [0.2, 0.25) is 5.82 Å². The van der Waals surface area contributed by atoms with E-state index in [2.05, 4.69) is 15.2 Å². The van der Waals surface area contributed by atoms with Gasteiger partial charge in [0.1, 0.15) is 6.26 Å². The first-order valence-electron chi connectivity index (χ1n) is 5.85. The van der Waals surface area contributed by atoms with E-state index in [1.807, 2.05) is 13.1 Å². The molecule has 3 aromatic rings. The highest BCUT2D eigenvalue weighted by Crippen LogP contribution is 2.17. The topological polar surface area (TPSA) is 79.1 Å². The average molecular weight is 260 g/mol. The molecule has 7 heteroatoms. The van der Waals surface area contributed by atoms with Crippen LogP contribution in [0.5, 0.6) is 5.75 Å². The highest BCUT2D eigenvalue weighted by molar-refractivity contribution is 5.51. The summed E-state index contributed by atoms with van der Waals surface area (Å²) >= 11 is 0. The molecular formula is C12H12N4O3. The zero-order chi connectivity index (χ0) is 13.1. The van der Waals surface area contributed by atoms with E-state index < -0.39 is 0 Å². The molecule has 19 heavy (non-hydrogen) atoms. The Kier molecular flexibility index (Phi) is 3.01. The third-order valence-electron chi connectivity index (χ3n) is 2.54. The van der Waals surface area contributed by atoms with Crippen molar-refractivity contribution >= 4 is 0 Å². The molecule has 0 fully saturated rings. The number of hydrogen-bond acceptors (Lipinski definition) is 6. The van der Waals surface area contributed by atoms with Crippen molar-refractivity contribution in [3.05, 3.63) is 36.9 Å². The maximum Gasteiger partial charge on any atom is 0.264 e. The van der Waals surface area contributed by atoms with E-state index >= 15 is 0 Å². The van der Waals surface area contributed by atoms with Crippen LogP contribution in [-0.4, -0.2) is 19.9 Å². The highest BCUT2D eigenvalue weighted by atomic mass is 16.5. The molecule has 0 spiro atoms. The van der Waals surface area contributed by atoms with Crippen molar-refractivity contribution in [2.75, 3.05) is 0 Å². The highest BCUT2D eigenvalue weighted by Gasteiger charge is 2.10. The van der Waals surface area contributed by atoms with Gasteiger partial charge in [-0.2, -0.15) is 10.1 Å². The first-order valence-corrected chi connectivity index (χ1v) is 5.85. The van der Waals surface area contributed by atoms with Gasteiger partial charge in [0, 0.05) is 6.54 Å². The Morgan fingerprint density at radius 3 is 3.11 bits per heavy atom. The lowest BCUT2D eigenvalue weighted by Gasteiger charge is -1.97. The zero-order valence-electron chi connectivity index (χ0n) is 10.3. The first kappa shape index (κ1) is 11.5. The van der Waals surface area contributed by atoms with Gasteiger partial charge >= 0.3 is 0 Å². The lowest BCUT2D eigenvalue weighted by atomic mass is 10.3. The van der Waals surface area contributed by atoms with E-state index in [1.54, 1.807) is 29.5 Å². The molecule has 0 aliphatic heterocycles. The van der Waals surface area contributed by atoms with Gasteiger partial charge in [-0.05, 0) is 13.0 Å². The standard InChI is InChI=1S/C12H12N4O3/c1-2-16-6-10(5-13-16)18-8-11-14-12(15-19-11)9-3-4-17-7-9/h3-7H,2,8H2,1H3. The van der Waals surface area contributed by atoms with E-state index in [9.17, 15) is 0 Å². The summed E-state index contributed by atoms with van der Waals surface area (Å²) in [6, 6.07) is 1.76. The monoisotopic (exact) mass is 260 g/mol. The summed E-state index contributed by atoms with van der Waals surface area (Å²) in [6.45, 7) is 3.01. The molecule has 0 amide bonds. The Hall–Kier alpha value is -2.57. The molecular weight excluding hydrogens is 248 g/mol. The van der Waals surface area contributed by atoms with Crippen LogP contribution in [0, 0.1) is 0 Å². The van der Waals surface area contributed by atoms with Crippen LogP contribution in [0.15, 0.2) is 39.9 Å². The Labute approximate surface area is 108 Å². The molecule has 98 valence electrons. The Morgan fingerprint density at radius 2 is 2.37 bits per heavy atom. The van der Waals surface area contributed by atoms with Crippen LogP contribution < -0.4 is 4.74 Å². The van der Waals surface area contributed by atoms with Gasteiger partial charge in [0.25, 0.3) is 5.89 Å². The lowest BCUT2D eigenvalue weighted by Crippen LogP contribution is -1.95. The second-order valence-corrected chi connectivity index (χ2v) is 3.84. The predicted octanol–water partition coefficient (Wildman–Crippen LogP) is 2.12. The van der Waals surface area contributed by atoms with Crippen LogP contribution in [0.3, 0.4) is 0 Å². The fourth-order valence-electron chi connectivity index (χ4n) is 1.56. The minimum atomic E-state index is 0.209. The van der Waals surface area contributed by atoms with Crippen molar-refractivity contribution in [3.63, 3.8) is 0 Å². The number of rotatable bonds is 5. The number of nitrogens with zero attached hydrogens (tertiary/aromatic N) is 4. The molecule has 3 heterocycles. The van der Waals surface area contributed by atoms with E-state index in [-0.39, 0.29) is 6.61 Å². The lowest BCUT2D eigenvalue weighted by molar-refractivity contribution is 0.242. The van der Waals surface area contributed by atoms with Crippen LogP contribution in [0.25, 0.3) is 11.4 Å². The van der Waals surface area contributed by atoms with Gasteiger partial charge < -0.3 is 13.7 Å². The number of aromatic nitrogens is 4. The van der Waals surface area contributed by atoms with E-state index in [0.717, 1.165) is 12.1 Å². The maximum atomic E-state index is 5.50. The average Bonchev–Trinajstić information content (AvgIpc) is 3.16. The van der Waals surface area contributed by atoms with Crippen molar-refractivity contribution in [1.29, 1.82) is 0 Å². The fourth-order valence-corrected chi connectivity index (χ4v) is 1.56.